The molecule has 0 saturated carbocycles. The second kappa shape index (κ2) is 10.7. The van der Waals surface area contributed by atoms with E-state index in [-0.39, 0.29) is 18.3 Å². The minimum Gasteiger partial charge on any atom is -0.480 e. The third-order valence-corrected chi connectivity index (χ3v) is 5.86. The van der Waals surface area contributed by atoms with Crippen molar-refractivity contribution in [2.45, 2.75) is 25.3 Å². The van der Waals surface area contributed by atoms with Gasteiger partial charge in [0.2, 0.25) is 5.91 Å². The molecule has 8 heteroatoms. The first-order valence-electron chi connectivity index (χ1n) is 11.3. The van der Waals surface area contributed by atoms with Crippen molar-refractivity contribution in [1.82, 2.24) is 5.32 Å². The first-order valence-corrected chi connectivity index (χ1v) is 11.3. The molecular formula is C27H26N2O6. The predicted molar refractivity (Wildman–Crippen MR) is 130 cm³/mol. The zero-order valence-electron chi connectivity index (χ0n) is 19.2. The molecule has 0 aliphatic heterocycles. The van der Waals surface area contributed by atoms with Gasteiger partial charge >= 0.3 is 12.1 Å². The lowest BCUT2D eigenvalue weighted by Crippen LogP contribution is -2.43. The smallest absolute Gasteiger partial charge is 0.407 e. The van der Waals surface area contributed by atoms with Crippen molar-refractivity contribution in [1.29, 1.82) is 0 Å². The van der Waals surface area contributed by atoms with Crippen molar-refractivity contribution in [3.63, 3.8) is 0 Å². The minimum atomic E-state index is -1.13. The summed E-state index contributed by atoms with van der Waals surface area (Å²) in [6.07, 6.45) is -0.363. The van der Waals surface area contributed by atoms with Crippen LogP contribution in [0.25, 0.3) is 11.1 Å². The predicted octanol–water partition coefficient (Wildman–Crippen LogP) is 4.41. The van der Waals surface area contributed by atoms with Crippen LogP contribution in [0, 0.1) is 0 Å². The number of alkyl carbamates (subject to hydrolysis) is 1. The molecule has 0 fully saturated rings. The van der Waals surface area contributed by atoms with E-state index in [0.717, 1.165) is 22.3 Å². The van der Waals surface area contributed by atoms with Crippen LogP contribution in [0.2, 0.25) is 0 Å². The number of aliphatic carboxylic acids is 1. The number of carboxylic acid groups (broad SMARTS) is 1. The lowest BCUT2D eigenvalue weighted by molar-refractivity contribution is -0.139. The van der Waals surface area contributed by atoms with Gasteiger partial charge < -0.3 is 25.2 Å². The Hall–Kier alpha value is -4.33. The molecule has 1 aliphatic rings. The molecule has 0 bridgehead atoms. The maximum Gasteiger partial charge on any atom is 0.407 e. The number of rotatable bonds is 9. The first kappa shape index (κ1) is 23.8. The normalized spacial score (nSPS) is 12.7. The van der Waals surface area contributed by atoms with Crippen molar-refractivity contribution in [3.8, 4) is 16.9 Å². The van der Waals surface area contributed by atoms with Crippen LogP contribution >= 0.6 is 0 Å². The Balaban J connectivity index is 1.38. The summed E-state index contributed by atoms with van der Waals surface area (Å²) >= 11 is 0. The topological polar surface area (TPSA) is 114 Å². The van der Waals surface area contributed by atoms with E-state index in [4.69, 9.17) is 14.6 Å². The molecule has 8 nitrogen and oxygen atoms in total. The molecule has 0 spiro atoms. The molecule has 1 atom stereocenters. The van der Waals surface area contributed by atoms with Gasteiger partial charge in [0.05, 0.1) is 5.69 Å². The van der Waals surface area contributed by atoms with Gasteiger partial charge in [-0.15, -0.1) is 0 Å². The van der Waals surface area contributed by atoms with Crippen molar-refractivity contribution in [3.05, 3.63) is 83.9 Å². The number of fused-ring (bicyclic) bond motifs is 3. The number of amides is 2. The summed E-state index contributed by atoms with van der Waals surface area (Å²) < 4.78 is 10.8. The molecule has 3 aromatic rings. The van der Waals surface area contributed by atoms with Crippen molar-refractivity contribution in [2.75, 3.05) is 18.5 Å². The molecule has 35 heavy (non-hydrogen) atoms. The molecule has 0 aromatic heterocycles. The van der Waals surface area contributed by atoms with Gasteiger partial charge in [0.25, 0.3) is 0 Å². The number of hydrogen-bond acceptors (Lipinski definition) is 5. The molecular weight excluding hydrogens is 448 g/mol. The Morgan fingerprint density at radius 2 is 1.51 bits per heavy atom. The van der Waals surface area contributed by atoms with E-state index in [2.05, 4.69) is 22.8 Å². The number of anilines is 1. The Kier molecular flexibility index (Phi) is 7.30. The number of nitrogens with one attached hydrogen (secondary N) is 2. The van der Waals surface area contributed by atoms with E-state index in [9.17, 15) is 14.4 Å². The fourth-order valence-electron chi connectivity index (χ4n) is 4.19. The number of hydrogen-bond donors (Lipinski definition) is 3. The Morgan fingerprint density at radius 1 is 0.914 bits per heavy atom. The summed E-state index contributed by atoms with van der Waals surface area (Å²) in [5, 5.41) is 14.1. The zero-order chi connectivity index (χ0) is 24.8. The first-order chi connectivity index (χ1) is 17.0. The molecule has 1 aliphatic carbocycles. The van der Waals surface area contributed by atoms with Gasteiger partial charge in [-0.25, -0.2) is 9.59 Å². The molecule has 3 N–H and O–H groups in total. The molecule has 0 saturated heterocycles. The number of para-hydroxylation sites is 2. The second-order valence-electron chi connectivity index (χ2n) is 8.10. The van der Waals surface area contributed by atoms with Crippen molar-refractivity contribution < 1.29 is 29.0 Å². The van der Waals surface area contributed by atoms with Gasteiger partial charge in [0.1, 0.15) is 18.4 Å². The third-order valence-electron chi connectivity index (χ3n) is 5.86. The number of ether oxygens (including phenoxy) is 2. The maximum absolute atomic E-state index is 12.8. The van der Waals surface area contributed by atoms with E-state index >= 15 is 0 Å². The SMILES string of the molecule is CC[C@H](NC(=O)OCC1c2ccccc2-c2ccccc21)C(=O)Nc1ccccc1OCC(=O)O. The maximum atomic E-state index is 12.8. The van der Waals surface area contributed by atoms with Gasteiger partial charge in [-0.3, -0.25) is 4.79 Å². The molecule has 2 amide bonds. The van der Waals surface area contributed by atoms with Gasteiger partial charge in [0.15, 0.2) is 6.61 Å². The van der Waals surface area contributed by atoms with Crippen molar-refractivity contribution in [2.24, 2.45) is 0 Å². The number of benzene rings is 3. The summed E-state index contributed by atoms with van der Waals surface area (Å²) in [6.45, 7) is 1.37. The molecule has 180 valence electrons. The summed E-state index contributed by atoms with van der Waals surface area (Å²) in [4.78, 5) is 36.2. The van der Waals surface area contributed by atoms with Gasteiger partial charge in [-0.1, -0.05) is 67.6 Å². The molecule has 0 heterocycles. The summed E-state index contributed by atoms with van der Waals surface area (Å²) in [7, 11) is 0. The van der Waals surface area contributed by atoms with Crippen LogP contribution in [0.4, 0.5) is 10.5 Å². The van der Waals surface area contributed by atoms with Crippen LogP contribution in [0.1, 0.15) is 30.4 Å². The summed E-state index contributed by atoms with van der Waals surface area (Å²) in [6, 6.07) is 21.7. The highest BCUT2D eigenvalue weighted by molar-refractivity contribution is 5.97. The Morgan fingerprint density at radius 3 is 2.14 bits per heavy atom. The van der Waals surface area contributed by atoms with Crippen LogP contribution < -0.4 is 15.4 Å². The fourth-order valence-corrected chi connectivity index (χ4v) is 4.19. The summed E-state index contributed by atoms with van der Waals surface area (Å²) in [5.41, 5.74) is 4.78. The number of carbonyl (C=O) groups excluding carboxylic acids is 2. The number of carbonyl (C=O) groups is 3. The molecule has 4 rings (SSSR count). The second-order valence-corrected chi connectivity index (χ2v) is 8.10. The van der Waals surface area contributed by atoms with Crippen LogP contribution in [0.3, 0.4) is 0 Å². The quantitative estimate of drug-likeness (QED) is 0.423. The highest BCUT2D eigenvalue weighted by Gasteiger charge is 2.29. The van der Waals surface area contributed by atoms with Gasteiger partial charge in [-0.05, 0) is 40.8 Å². The van der Waals surface area contributed by atoms with E-state index in [0.29, 0.717) is 12.1 Å². The Bertz CT molecular complexity index is 1200. The van der Waals surface area contributed by atoms with E-state index in [1.807, 2.05) is 36.4 Å². The van der Waals surface area contributed by atoms with Crippen LogP contribution in [-0.4, -0.2) is 42.3 Å². The highest BCUT2D eigenvalue weighted by Crippen LogP contribution is 2.44. The van der Waals surface area contributed by atoms with Gasteiger partial charge in [-0.2, -0.15) is 0 Å². The number of carboxylic acids is 1. The standard InChI is InChI=1S/C27H26N2O6/c1-2-22(26(32)28-23-13-7-8-14-24(23)34-16-25(30)31)29-27(33)35-15-21-19-11-5-3-9-17(19)18-10-4-6-12-20(18)21/h3-14,21-22H,2,15-16H2,1H3,(H,28,32)(H,29,33)(H,30,31)/t22-/m0/s1. The monoisotopic (exact) mass is 474 g/mol. The largest absolute Gasteiger partial charge is 0.480 e. The van der Waals surface area contributed by atoms with Crippen LogP contribution in [-0.2, 0) is 14.3 Å². The minimum absolute atomic E-state index is 0.0830. The van der Waals surface area contributed by atoms with Crippen molar-refractivity contribution >= 4 is 23.7 Å². The fraction of sp³-hybridized carbons (Fsp3) is 0.222. The Labute approximate surface area is 202 Å². The van der Waals surface area contributed by atoms with E-state index in [1.165, 1.54) is 0 Å². The van der Waals surface area contributed by atoms with Crippen LogP contribution in [0.15, 0.2) is 72.8 Å². The van der Waals surface area contributed by atoms with Crippen LogP contribution in [0.5, 0.6) is 5.75 Å². The zero-order valence-corrected chi connectivity index (χ0v) is 19.2. The lowest BCUT2D eigenvalue weighted by Gasteiger charge is -2.19. The van der Waals surface area contributed by atoms with E-state index in [1.54, 1.807) is 31.2 Å². The average Bonchev–Trinajstić information content (AvgIpc) is 3.19. The van der Waals surface area contributed by atoms with Gasteiger partial charge in [0, 0.05) is 5.92 Å². The highest BCUT2D eigenvalue weighted by atomic mass is 16.5. The summed E-state index contributed by atoms with van der Waals surface area (Å²) in [5.74, 6) is -1.46. The molecule has 3 aromatic carbocycles. The van der Waals surface area contributed by atoms with E-state index < -0.39 is 30.6 Å². The third kappa shape index (κ3) is 5.43. The molecule has 0 unspecified atom stereocenters. The lowest BCUT2D eigenvalue weighted by atomic mass is 9.98. The molecule has 0 radical (unpaired) electrons. The average molecular weight is 475 g/mol.